The van der Waals surface area contributed by atoms with Crippen molar-refractivity contribution < 1.29 is 14.3 Å². The van der Waals surface area contributed by atoms with Crippen LogP contribution in [0.4, 0.5) is 0 Å². The fraction of sp³-hybridized carbons (Fsp3) is 0.435. The minimum absolute atomic E-state index is 0.00165. The van der Waals surface area contributed by atoms with Crippen molar-refractivity contribution in [3.8, 4) is 11.5 Å². The molecule has 2 aromatic carbocycles. The Bertz CT molecular complexity index is 765. The highest BCUT2D eigenvalue weighted by Gasteiger charge is 2.38. The van der Waals surface area contributed by atoms with E-state index in [0.717, 1.165) is 41.9 Å². The minimum atomic E-state index is -0.206. The number of ether oxygens (including phenoxy) is 2. The Hall–Kier alpha value is -2.49. The molecule has 0 bridgehead atoms. The molecule has 4 heteroatoms. The second-order valence-corrected chi connectivity index (χ2v) is 7.20. The number of methoxy groups -OCH3 is 1. The van der Waals surface area contributed by atoms with Gasteiger partial charge in [-0.3, -0.25) is 4.79 Å². The van der Waals surface area contributed by atoms with Crippen molar-refractivity contribution >= 4 is 5.91 Å². The fourth-order valence-electron chi connectivity index (χ4n) is 3.75. The molecule has 1 aliphatic heterocycles. The second-order valence-electron chi connectivity index (χ2n) is 7.20. The van der Waals surface area contributed by atoms with Crippen molar-refractivity contribution in [3.05, 3.63) is 59.7 Å². The third kappa shape index (κ3) is 4.44. The average molecular weight is 367 g/mol. The molecule has 2 aromatic rings. The smallest absolute Gasteiger partial charge is 0.220 e. The van der Waals surface area contributed by atoms with Gasteiger partial charge in [0.1, 0.15) is 17.1 Å². The van der Waals surface area contributed by atoms with E-state index in [-0.39, 0.29) is 17.6 Å². The molecule has 1 amide bonds. The summed E-state index contributed by atoms with van der Waals surface area (Å²) >= 11 is 0. The maximum atomic E-state index is 12.6. The van der Waals surface area contributed by atoms with Gasteiger partial charge in [-0.25, -0.2) is 0 Å². The van der Waals surface area contributed by atoms with Crippen LogP contribution in [0.3, 0.4) is 0 Å². The number of hydrogen-bond acceptors (Lipinski definition) is 3. The van der Waals surface area contributed by atoms with Gasteiger partial charge in [0.2, 0.25) is 5.91 Å². The van der Waals surface area contributed by atoms with E-state index >= 15 is 0 Å². The van der Waals surface area contributed by atoms with E-state index in [2.05, 4.69) is 25.2 Å². The van der Waals surface area contributed by atoms with E-state index in [1.165, 1.54) is 0 Å². The van der Waals surface area contributed by atoms with Crippen LogP contribution in [0.5, 0.6) is 11.5 Å². The summed E-state index contributed by atoms with van der Waals surface area (Å²) in [5.41, 5.74) is 2.00. The van der Waals surface area contributed by atoms with Gasteiger partial charge in [0.25, 0.3) is 0 Å². The molecule has 144 valence electrons. The molecule has 1 heterocycles. The Morgan fingerprint density at radius 1 is 1.15 bits per heavy atom. The number of hydrogen-bond donors (Lipinski definition) is 1. The van der Waals surface area contributed by atoms with Crippen LogP contribution in [0.2, 0.25) is 0 Å². The van der Waals surface area contributed by atoms with Crippen molar-refractivity contribution in [1.29, 1.82) is 0 Å². The summed E-state index contributed by atoms with van der Waals surface area (Å²) in [5, 5.41) is 3.25. The molecule has 0 aromatic heterocycles. The van der Waals surface area contributed by atoms with Crippen LogP contribution >= 0.6 is 0 Å². The van der Waals surface area contributed by atoms with Crippen LogP contribution < -0.4 is 14.8 Å². The van der Waals surface area contributed by atoms with Gasteiger partial charge in [-0.05, 0) is 43.0 Å². The van der Waals surface area contributed by atoms with E-state index in [1.807, 2.05) is 42.5 Å². The summed E-state index contributed by atoms with van der Waals surface area (Å²) in [6, 6.07) is 15.9. The predicted octanol–water partition coefficient (Wildman–Crippen LogP) is 4.83. The van der Waals surface area contributed by atoms with Gasteiger partial charge in [0, 0.05) is 18.4 Å². The van der Waals surface area contributed by atoms with E-state index < -0.39 is 0 Å². The lowest BCUT2D eigenvalue weighted by molar-refractivity contribution is -0.122. The Morgan fingerprint density at radius 3 is 2.52 bits per heavy atom. The van der Waals surface area contributed by atoms with Crippen LogP contribution in [0.15, 0.2) is 48.5 Å². The zero-order valence-electron chi connectivity index (χ0n) is 16.5. The summed E-state index contributed by atoms with van der Waals surface area (Å²) in [6.07, 6.45) is 3.85. The fourth-order valence-corrected chi connectivity index (χ4v) is 3.75. The van der Waals surface area contributed by atoms with Crippen LogP contribution in [-0.4, -0.2) is 18.6 Å². The lowest BCUT2D eigenvalue weighted by Gasteiger charge is -2.41. The molecule has 27 heavy (non-hydrogen) atoms. The Kier molecular flexibility index (Phi) is 6.04. The van der Waals surface area contributed by atoms with E-state index in [9.17, 15) is 4.79 Å². The Balaban J connectivity index is 1.66. The molecule has 0 radical (unpaired) electrons. The number of para-hydroxylation sites is 1. The molecule has 1 atom stereocenters. The summed E-state index contributed by atoms with van der Waals surface area (Å²) < 4.78 is 11.5. The molecule has 0 saturated heterocycles. The number of carbonyl (C=O) groups excluding carboxylic acids is 1. The van der Waals surface area contributed by atoms with E-state index in [4.69, 9.17) is 9.47 Å². The highest BCUT2D eigenvalue weighted by Crippen LogP contribution is 2.42. The average Bonchev–Trinajstić information content (AvgIpc) is 2.72. The number of aryl methyl sites for hydroxylation is 1. The number of benzene rings is 2. The van der Waals surface area contributed by atoms with Gasteiger partial charge in [-0.2, -0.15) is 0 Å². The molecule has 1 N–H and O–H groups in total. The number of fused-ring (bicyclic) bond motifs is 1. The topological polar surface area (TPSA) is 47.6 Å². The van der Waals surface area contributed by atoms with Crippen molar-refractivity contribution in [2.24, 2.45) is 0 Å². The molecular formula is C23H29NO3. The van der Waals surface area contributed by atoms with Crippen molar-refractivity contribution in [1.82, 2.24) is 5.32 Å². The maximum Gasteiger partial charge on any atom is 0.220 e. The van der Waals surface area contributed by atoms with Gasteiger partial charge < -0.3 is 14.8 Å². The molecule has 1 unspecified atom stereocenters. The maximum absolute atomic E-state index is 12.6. The number of rotatable bonds is 7. The number of nitrogens with one attached hydrogen (secondary N) is 1. The molecule has 3 rings (SSSR count). The zero-order chi connectivity index (χ0) is 19.3. The largest absolute Gasteiger partial charge is 0.497 e. The quantitative estimate of drug-likeness (QED) is 0.763. The van der Waals surface area contributed by atoms with Gasteiger partial charge in [-0.1, -0.05) is 44.2 Å². The number of carbonyl (C=O) groups is 1. The van der Waals surface area contributed by atoms with Crippen molar-refractivity contribution in [3.63, 3.8) is 0 Å². The molecule has 0 aliphatic carbocycles. The lowest BCUT2D eigenvalue weighted by Crippen LogP contribution is -2.44. The first-order valence-electron chi connectivity index (χ1n) is 9.79. The van der Waals surface area contributed by atoms with Crippen molar-refractivity contribution in [2.75, 3.05) is 7.11 Å². The minimum Gasteiger partial charge on any atom is -0.497 e. The van der Waals surface area contributed by atoms with E-state index in [1.54, 1.807) is 7.11 Å². The summed E-state index contributed by atoms with van der Waals surface area (Å²) in [5.74, 6) is 1.80. The van der Waals surface area contributed by atoms with Crippen LogP contribution in [0.25, 0.3) is 0 Å². The molecular weight excluding hydrogens is 338 g/mol. The second kappa shape index (κ2) is 8.47. The molecule has 0 fully saturated rings. The zero-order valence-corrected chi connectivity index (χ0v) is 16.5. The first-order valence-corrected chi connectivity index (χ1v) is 9.79. The van der Waals surface area contributed by atoms with Crippen molar-refractivity contribution in [2.45, 2.75) is 57.6 Å². The Morgan fingerprint density at radius 2 is 1.85 bits per heavy atom. The predicted molar refractivity (Wildman–Crippen MR) is 107 cm³/mol. The molecule has 4 nitrogen and oxygen atoms in total. The SMILES string of the molecule is CCC1(CC)CC(NC(=O)CCc2ccc(OC)cc2)c2ccccc2O1. The Labute approximate surface area is 161 Å². The summed E-state index contributed by atoms with van der Waals surface area (Å²) in [4.78, 5) is 12.6. The summed E-state index contributed by atoms with van der Waals surface area (Å²) in [7, 11) is 1.65. The highest BCUT2D eigenvalue weighted by molar-refractivity contribution is 5.77. The normalized spacial score (nSPS) is 17.5. The molecule has 0 saturated carbocycles. The van der Waals surface area contributed by atoms with Gasteiger partial charge in [-0.15, -0.1) is 0 Å². The van der Waals surface area contributed by atoms with Gasteiger partial charge in [0.15, 0.2) is 0 Å². The molecule has 1 aliphatic rings. The first-order chi connectivity index (χ1) is 13.1. The molecule has 0 spiro atoms. The standard InChI is InChI=1S/C23H29NO3/c1-4-23(5-2)16-20(19-8-6-7-9-21(19)27-23)24-22(25)15-12-17-10-13-18(26-3)14-11-17/h6-11,13-14,20H,4-5,12,15-16H2,1-3H3,(H,24,25). The van der Waals surface area contributed by atoms with Crippen LogP contribution in [0, 0.1) is 0 Å². The first kappa shape index (κ1) is 19.3. The highest BCUT2D eigenvalue weighted by atomic mass is 16.5. The van der Waals surface area contributed by atoms with Gasteiger partial charge >= 0.3 is 0 Å². The van der Waals surface area contributed by atoms with Gasteiger partial charge in [0.05, 0.1) is 13.2 Å². The summed E-state index contributed by atoms with van der Waals surface area (Å²) in [6.45, 7) is 4.31. The van der Waals surface area contributed by atoms with E-state index in [0.29, 0.717) is 12.8 Å². The monoisotopic (exact) mass is 367 g/mol. The lowest BCUT2D eigenvalue weighted by atomic mass is 9.83. The third-order valence-electron chi connectivity index (χ3n) is 5.62. The number of amides is 1. The third-order valence-corrected chi connectivity index (χ3v) is 5.62. The van der Waals surface area contributed by atoms with Crippen LogP contribution in [0.1, 0.15) is 56.7 Å². The van der Waals surface area contributed by atoms with Crippen LogP contribution in [-0.2, 0) is 11.2 Å².